The van der Waals surface area contributed by atoms with Crippen LogP contribution in [0.1, 0.15) is 19.8 Å². The van der Waals surface area contributed by atoms with Gasteiger partial charge in [-0.3, -0.25) is 0 Å². The molecule has 1 saturated carbocycles. The van der Waals surface area contributed by atoms with Gasteiger partial charge in [-0.1, -0.05) is 0 Å². The molecule has 0 saturated heterocycles. The highest BCUT2D eigenvalue weighted by molar-refractivity contribution is 9.10. The molecule has 0 unspecified atom stereocenters. The molecule has 70 valence electrons. The Bertz CT molecular complexity index is 299. The van der Waals surface area contributed by atoms with Crippen molar-refractivity contribution < 1.29 is 0 Å². The van der Waals surface area contributed by atoms with Crippen LogP contribution in [-0.4, -0.2) is 22.6 Å². The van der Waals surface area contributed by atoms with Crippen LogP contribution < -0.4 is 4.90 Å². The Balaban J connectivity index is 2.21. The fraction of sp³-hybridized carbons (Fsp3) is 0.556. The lowest BCUT2D eigenvalue weighted by Gasteiger charge is -2.20. The van der Waals surface area contributed by atoms with Crippen LogP contribution in [0, 0.1) is 0 Å². The Labute approximate surface area is 86.3 Å². The molecule has 1 fully saturated rings. The Hall–Kier alpha value is -0.640. The van der Waals surface area contributed by atoms with E-state index in [1.54, 1.807) is 6.33 Å². The van der Waals surface area contributed by atoms with Crippen LogP contribution >= 0.6 is 15.9 Å². The van der Waals surface area contributed by atoms with Crippen molar-refractivity contribution in [3.05, 3.63) is 17.0 Å². The van der Waals surface area contributed by atoms with Crippen molar-refractivity contribution in [1.82, 2.24) is 9.97 Å². The van der Waals surface area contributed by atoms with E-state index in [-0.39, 0.29) is 0 Å². The number of nitrogens with zero attached hydrogens (tertiary/aromatic N) is 3. The highest BCUT2D eigenvalue weighted by Gasteiger charge is 2.28. The summed E-state index contributed by atoms with van der Waals surface area (Å²) in [5, 5.41) is 0. The van der Waals surface area contributed by atoms with Crippen molar-refractivity contribution in [2.75, 3.05) is 11.4 Å². The third-order valence-electron chi connectivity index (χ3n) is 2.24. The van der Waals surface area contributed by atoms with Crippen LogP contribution in [0.3, 0.4) is 0 Å². The zero-order valence-corrected chi connectivity index (χ0v) is 9.16. The van der Waals surface area contributed by atoms with Gasteiger partial charge in [-0.25, -0.2) is 9.97 Å². The minimum absolute atomic E-state index is 0.715. The molecular weight excluding hydrogens is 230 g/mol. The maximum Gasteiger partial charge on any atom is 0.133 e. The Kier molecular flexibility index (Phi) is 2.49. The summed E-state index contributed by atoms with van der Waals surface area (Å²) in [6.07, 6.45) is 4.20. The summed E-state index contributed by atoms with van der Waals surface area (Å²) in [5.41, 5.74) is 0. The Morgan fingerprint density at radius 2 is 2.31 bits per heavy atom. The fourth-order valence-electron chi connectivity index (χ4n) is 1.47. The summed E-state index contributed by atoms with van der Waals surface area (Å²) in [4.78, 5) is 10.6. The first kappa shape index (κ1) is 8.94. The van der Waals surface area contributed by atoms with Crippen LogP contribution in [0.4, 0.5) is 5.82 Å². The monoisotopic (exact) mass is 241 g/mol. The van der Waals surface area contributed by atoms with E-state index >= 15 is 0 Å². The van der Waals surface area contributed by atoms with Crippen LogP contribution in [0.2, 0.25) is 0 Å². The van der Waals surface area contributed by atoms with E-state index in [9.17, 15) is 0 Å². The average Bonchev–Trinajstić information content (AvgIpc) is 2.90. The maximum atomic E-state index is 4.26. The molecule has 0 bridgehead atoms. The first-order valence-electron chi connectivity index (χ1n) is 4.55. The molecular formula is C9H12BrN3. The summed E-state index contributed by atoms with van der Waals surface area (Å²) < 4.78 is 0.858. The second-order valence-corrected chi connectivity index (χ2v) is 4.03. The van der Waals surface area contributed by atoms with Crippen molar-refractivity contribution >= 4 is 21.7 Å². The van der Waals surface area contributed by atoms with Crippen molar-refractivity contribution in [2.45, 2.75) is 25.8 Å². The summed E-state index contributed by atoms with van der Waals surface area (Å²) in [6, 6.07) is 2.69. The van der Waals surface area contributed by atoms with Crippen LogP contribution in [0.5, 0.6) is 0 Å². The molecule has 1 aromatic heterocycles. The molecule has 1 aliphatic carbocycles. The number of hydrogen-bond acceptors (Lipinski definition) is 3. The summed E-state index contributed by atoms with van der Waals surface area (Å²) >= 11 is 3.35. The first-order chi connectivity index (χ1) is 6.31. The van der Waals surface area contributed by atoms with Gasteiger partial charge in [-0.15, -0.1) is 0 Å². The van der Waals surface area contributed by atoms with Gasteiger partial charge in [0.1, 0.15) is 16.7 Å². The quantitative estimate of drug-likeness (QED) is 0.761. The van der Waals surface area contributed by atoms with E-state index in [1.165, 1.54) is 12.8 Å². The largest absolute Gasteiger partial charge is 0.354 e. The van der Waals surface area contributed by atoms with Gasteiger partial charge in [0, 0.05) is 18.7 Å². The van der Waals surface area contributed by atoms with E-state index in [0.29, 0.717) is 6.04 Å². The molecule has 1 aliphatic rings. The van der Waals surface area contributed by atoms with Gasteiger partial charge in [-0.05, 0) is 35.7 Å². The summed E-state index contributed by atoms with van der Waals surface area (Å²) in [7, 11) is 0. The van der Waals surface area contributed by atoms with E-state index in [4.69, 9.17) is 0 Å². The smallest absolute Gasteiger partial charge is 0.133 e. The van der Waals surface area contributed by atoms with E-state index in [0.717, 1.165) is 17.0 Å². The predicted molar refractivity (Wildman–Crippen MR) is 55.8 cm³/mol. The van der Waals surface area contributed by atoms with Crippen LogP contribution in [0.15, 0.2) is 17.0 Å². The second-order valence-electron chi connectivity index (χ2n) is 3.22. The lowest BCUT2D eigenvalue weighted by atomic mass is 10.4. The van der Waals surface area contributed by atoms with E-state index in [1.807, 2.05) is 6.07 Å². The average molecular weight is 242 g/mol. The minimum Gasteiger partial charge on any atom is -0.354 e. The van der Waals surface area contributed by atoms with Crippen molar-refractivity contribution in [3.8, 4) is 0 Å². The van der Waals surface area contributed by atoms with Gasteiger partial charge in [0.15, 0.2) is 0 Å². The number of aromatic nitrogens is 2. The van der Waals surface area contributed by atoms with Gasteiger partial charge >= 0.3 is 0 Å². The standard InChI is InChI=1S/C9H12BrN3/c1-2-13(7-3-4-7)9-5-8(10)11-6-12-9/h5-7H,2-4H2,1H3. The van der Waals surface area contributed by atoms with Gasteiger partial charge < -0.3 is 4.90 Å². The highest BCUT2D eigenvalue weighted by Crippen LogP contribution is 2.30. The molecule has 0 spiro atoms. The molecule has 1 aromatic rings. The molecule has 0 aromatic carbocycles. The normalized spacial score (nSPS) is 15.8. The number of hydrogen-bond donors (Lipinski definition) is 0. The van der Waals surface area contributed by atoms with Crippen LogP contribution in [-0.2, 0) is 0 Å². The van der Waals surface area contributed by atoms with Gasteiger partial charge in [-0.2, -0.15) is 0 Å². The fourth-order valence-corrected chi connectivity index (χ4v) is 1.77. The second kappa shape index (κ2) is 3.62. The first-order valence-corrected chi connectivity index (χ1v) is 5.34. The molecule has 2 rings (SSSR count). The molecule has 4 heteroatoms. The van der Waals surface area contributed by atoms with Gasteiger partial charge in [0.05, 0.1) is 0 Å². The number of anilines is 1. The molecule has 0 amide bonds. The molecule has 0 aliphatic heterocycles. The third-order valence-corrected chi connectivity index (χ3v) is 2.68. The van der Waals surface area contributed by atoms with Crippen molar-refractivity contribution in [2.24, 2.45) is 0 Å². The lowest BCUT2D eigenvalue weighted by Crippen LogP contribution is -2.25. The number of rotatable bonds is 3. The maximum absolute atomic E-state index is 4.26. The van der Waals surface area contributed by atoms with E-state index < -0.39 is 0 Å². The molecule has 0 radical (unpaired) electrons. The summed E-state index contributed by atoms with van der Waals surface area (Å²) in [6.45, 7) is 3.18. The highest BCUT2D eigenvalue weighted by atomic mass is 79.9. The summed E-state index contributed by atoms with van der Waals surface area (Å²) in [5.74, 6) is 1.03. The topological polar surface area (TPSA) is 29.0 Å². The molecule has 0 N–H and O–H groups in total. The minimum atomic E-state index is 0.715. The van der Waals surface area contributed by atoms with Crippen LogP contribution in [0.25, 0.3) is 0 Å². The van der Waals surface area contributed by atoms with E-state index in [2.05, 4.69) is 37.7 Å². The van der Waals surface area contributed by atoms with Crippen molar-refractivity contribution in [3.63, 3.8) is 0 Å². The third kappa shape index (κ3) is 1.99. The molecule has 13 heavy (non-hydrogen) atoms. The number of halogens is 1. The van der Waals surface area contributed by atoms with Gasteiger partial charge in [0.25, 0.3) is 0 Å². The Morgan fingerprint density at radius 3 is 2.85 bits per heavy atom. The molecule has 1 heterocycles. The molecule has 0 atom stereocenters. The Morgan fingerprint density at radius 1 is 1.54 bits per heavy atom. The molecule has 3 nitrogen and oxygen atoms in total. The predicted octanol–water partition coefficient (Wildman–Crippen LogP) is 2.23. The zero-order chi connectivity index (χ0) is 9.26. The lowest BCUT2D eigenvalue weighted by molar-refractivity contribution is 0.803. The van der Waals surface area contributed by atoms with Crippen molar-refractivity contribution in [1.29, 1.82) is 0 Å². The zero-order valence-electron chi connectivity index (χ0n) is 7.57. The SMILES string of the molecule is CCN(c1cc(Br)ncn1)C1CC1. The van der Waals surface area contributed by atoms with Gasteiger partial charge in [0.2, 0.25) is 0 Å².